The number of hydrogen-bond donors (Lipinski definition) is 1. The zero-order chi connectivity index (χ0) is 20.9. The molecule has 1 amide bonds. The summed E-state index contributed by atoms with van der Waals surface area (Å²) in [6.07, 6.45) is 2.06. The molecular formula is C22H20F2N2O3S. The Labute approximate surface area is 176 Å². The number of halogens is 2. The van der Waals surface area contributed by atoms with E-state index >= 15 is 0 Å². The molecule has 0 saturated carbocycles. The maximum absolute atomic E-state index is 13.3. The molecule has 1 aromatic heterocycles. The molecule has 0 spiro atoms. The average molecular weight is 430 g/mol. The van der Waals surface area contributed by atoms with Crippen LogP contribution >= 0.6 is 11.3 Å². The molecule has 1 N–H and O–H groups in total. The van der Waals surface area contributed by atoms with Crippen molar-refractivity contribution in [2.75, 3.05) is 13.2 Å². The molecule has 2 heterocycles. The minimum atomic E-state index is -0.905. The second kappa shape index (κ2) is 9.32. The first kappa shape index (κ1) is 20.4. The Balaban J connectivity index is 1.38. The molecular weight excluding hydrogens is 410 g/mol. The molecule has 1 fully saturated rings. The van der Waals surface area contributed by atoms with Crippen molar-refractivity contribution < 1.29 is 23.0 Å². The lowest BCUT2D eigenvalue weighted by molar-refractivity contribution is 0.0854. The van der Waals surface area contributed by atoms with E-state index in [1.54, 1.807) is 17.5 Å². The molecule has 0 radical (unpaired) electrons. The molecule has 0 bridgehead atoms. The van der Waals surface area contributed by atoms with Crippen molar-refractivity contribution in [1.82, 2.24) is 10.3 Å². The quantitative estimate of drug-likeness (QED) is 0.596. The Hall–Kier alpha value is -2.84. The molecule has 30 heavy (non-hydrogen) atoms. The van der Waals surface area contributed by atoms with Crippen LogP contribution in [-0.2, 0) is 11.3 Å². The van der Waals surface area contributed by atoms with Crippen LogP contribution in [-0.4, -0.2) is 30.1 Å². The molecule has 8 heteroatoms. The highest BCUT2D eigenvalue weighted by Crippen LogP contribution is 2.27. The van der Waals surface area contributed by atoms with Crippen LogP contribution in [0.1, 0.15) is 28.9 Å². The fourth-order valence-electron chi connectivity index (χ4n) is 3.13. The molecule has 4 rings (SSSR count). The van der Waals surface area contributed by atoms with Gasteiger partial charge in [0.15, 0.2) is 11.6 Å². The van der Waals surface area contributed by atoms with Gasteiger partial charge >= 0.3 is 0 Å². The summed E-state index contributed by atoms with van der Waals surface area (Å²) in [6, 6.07) is 10.9. The SMILES string of the molecule is O=C(NC[C@@H]1CCCO1)c1csc(-c2cccc(OCc3ccc(F)c(F)c3)c2)n1. The number of aromatic nitrogens is 1. The van der Waals surface area contributed by atoms with Crippen molar-refractivity contribution in [3.63, 3.8) is 0 Å². The van der Waals surface area contributed by atoms with E-state index in [4.69, 9.17) is 9.47 Å². The predicted octanol–water partition coefficient (Wildman–Crippen LogP) is 4.58. The third kappa shape index (κ3) is 5.01. The lowest BCUT2D eigenvalue weighted by Gasteiger charge is -2.09. The normalized spacial score (nSPS) is 15.9. The number of carbonyl (C=O) groups excluding carboxylic acids is 1. The second-order valence-corrected chi connectivity index (χ2v) is 7.81. The van der Waals surface area contributed by atoms with Gasteiger partial charge in [-0.1, -0.05) is 18.2 Å². The summed E-state index contributed by atoms with van der Waals surface area (Å²) in [5.41, 5.74) is 1.70. The van der Waals surface area contributed by atoms with E-state index in [2.05, 4.69) is 10.3 Å². The molecule has 2 aromatic carbocycles. The van der Waals surface area contributed by atoms with Gasteiger partial charge in [0.1, 0.15) is 23.1 Å². The van der Waals surface area contributed by atoms with Gasteiger partial charge < -0.3 is 14.8 Å². The molecule has 0 aliphatic carbocycles. The second-order valence-electron chi connectivity index (χ2n) is 6.95. The maximum atomic E-state index is 13.3. The van der Waals surface area contributed by atoms with E-state index < -0.39 is 11.6 Å². The van der Waals surface area contributed by atoms with Crippen LogP contribution in [0.4, 0.5) is 8.78 Å². The zero-order valence-electron chi connectivity index (χ0n) is 16.1. The highest BCUT2D eigenvalue weighted by atomic mass is 32.1. The Morgan fingerprint density at radius 3 is 2.93 bits per heavy atom. The molecule has 0 unspecified atom stereocenters. The van der Waals surface area contributed by atoms with Gasteiger partial charge in [-0.15, -0.1) is 11.3 Å². The van der Waals surface area contributed by atoms with E-state index in [1.807, 2.05) is 12.1 Å². The molecule has 1 saturated heterocycles. The van der Waals surface area contributed by atoms with Crippen molar-refractivity contribution >= 4 is 17.2 Å². The summed E-state index contributed by atoms with van der Waals surface area (Å²) in [6.45, 7) is 1.34. The van der Waals surface area contributed by atoms with Crippen molar-refractivity contribution in [1.29, 1.82) is 0 Å². The number of nitrogens with one attached hydrogen (secondary N) is 1. The summed E-state index contributed by atoms with van der Waals surface area (Å²) >= 11 is 1.37. The van der Waals surface area contributed by atoms with E-state index in [0.717, 1.165) is 37.1 Å². The summed E-state index contributed by atoms with van der Waals surface area (Å²) in [7, 11) is 0. The van der Waals surface area contributed by atoms with Gasteiger partial charge in [0, 0.05) is 24.1 Å². The van der Waals surface area contributed by atoms with Crippen molar-refractivity contribution in [3.8, 4) is 16.3 Å². The van der Waals surface area contributed by atoms with Crippen molar-refractivity contribution in [3.05, 3.63) is 70.7 Å². The van der Waals surface area contributed by atoms with Crippen molar-refractivity contribution in [2.24, 2.45) is 0 Å². The monoisotopic (exact) mass is 430 g/mol. The number of nitrogens with zero attached hydrogens (tertiary/aromatic N) is 1. The van der Waals surface area contributed by atoms with E-state index in [-0.39, 0.29) is 18.6 Å². The topological polar surface area (TPSA) is 60.5 Å². The zero-order valence-corrected chi connectivity index (χ0v) is 16.9. The van der Waals surface area contributed by atoms with E-state index in [9.17, 15) is 13.6 Å². The van der Waals surface area contributed by atoms with Crippen LogP contribution in [0.15, 0.2) is 47.8 Å². The Morgan fingerprint density at radius 1 is 1.23 bits per heavy atom. The van der Waals surface area contributed by atoms with Gasteiger partial charge in [0.05, 0.1) is 6.10 Å². The molecule has 156 valence electrons. The van der Waals surface area contributed by atoms with E-state index in [0.29, 0.717) is 28.6 Å². The first-order valence-corrected chi connectivity index (χ1v) is 10.5. The smallest absolute Gasteiger partial charge is 0.270 e. The van der Waals surface area contributed by atoms with E-state index in [1.165, 1.54) is 17.4 Å². The van der Waals surface area contributed by atoms with Gasteiger partial charge in [0.2, 0.25) is 0 Å². The lowest BCUT2D eigenvalue weighted by Crippen LogP contribution is -2.31. The molecule has 1 aliphatic heterocycles. The van der Waals surface area contributed by atoms with Gasteiger partial charge in [0.25, 0.3) is 5.91 Å². The summed E-state index contributed by atoms with van der Waals surface area (Å²) in [5.74, 6) is -1.45. The Bertz CT molecular complexity index is 1030. The number of hydrogen-bond acceptors (Lipinski definition) is 5. The van der Waals surface area contributed by atoms with Gasteiger partial charge in [-0.3, -0.25) is 4.79 Å². The number of benzene rings is 2. The van der Waals surface area contributed by atoms with Crippen LogP contribution in [0, 0.1) is 11.6 Å². The first-order valence-electron chi connectivity index (χ1n) is 9.61. The highest BCUT2D eigenvalue weighted by Gasteiger charge is 2.18. The number of rotatable bonds is 7. The molecule has 3 aromatic rings. The fraction of sp³-hybridized carbons (Fsp3) is 0.273. The van der Waals surface area contributed by atoms with Gasteiger partial charge in [-0.05, 0) is 42.7 Å². The standard InChI is InChI=1S/C22H20F2N2O3S/c23-18-7-6-14(9-19(18)24)12-29-16-4-1-3-15(10-16)22-26-20(13-30-22)21(27)25-11-17-5-2-8-28-17/h1,3-4,6-7,9-10,13,17H,2,5,8,11-12H2,(H,25,27)/t17-/m0/s1. The van der Waals surface area contributed by atoms with Gasteiger partial charge in [-0.25, -0.2) is 13.8 Å². The van der Waals surface area contributed by atoms with Crippen LogP contribution < -0.4 is 10.1 Å². The largest absolute Gasteiger partial charge is 0.489 e. The average Bonchev–Trinajstić information content (AvgIpc) is 3.45. The predicted molar refractivity (Wildman–Crippen MR) is 110 cm³/mol. The van der Waals surface area contributed by atoms with Crippen molar-refractivity contribution in [2.45, 2.75) is 25.6 Å². The fourth-order valence-corrected chi connectivity index (χ4v) is 3.93. The van der Waals surface area contributed by atoms with Crippen LogP contribution in [0.2, 0.25) is 0 Å². The lowest BCUT2D eigenvalue weighted by atomic mass is 10.2. The first-order chi connectivity index (χ1) is 14.6. The van der Waals surface area contributed by atoms with Crippen LogP contribution in [0.25, 0.3) is 10.6 Å². The minimum absolute atomic E-state index is 0.0791. The Kier molecular flexibility index (Phi) is 6.35. The Morgan fingerprint density at radius 2 is 2.13 bits per heavy atom. The molecule has 5 nitrogen and oxygen atoms in total. The number of ether oxygens (including phenoxy) is 2. The highest BCUT2D eigenvalue weighted by molar-refractivity contribution is 7.13. The summed E-state index contributed by atoms with van der Waals surface area (Å²) in [4.78, 5) is 16.7. The number of thiazole rings is 1. The minimum Gasteiger partial charge on any atom is -0.489 e. The summed E-state index contributed by atoms with van der Waals surface area (Å²) in [5, 5.41) is 5.27. The molecule has 1 aliphatic rings. The van der Waals surface area contributed by atoms with Crippen LogP contribution in [0.5, 0.6) is 5.75 Å². The molecule has 1 atom stereocenters. The summed E-state index contributed by atoms with van der Waals surface area (Å²) < 4.78 is 37.6. The van der Waals surface area contributed by atoms with Gasteiger partial charge in [-0.2, -0.15) is 0 Å². The number of carbonyl (C=O) groups is 1. The third-order valence-corrected chi connectivity index (χ3v) is 5.61. The van der Waals surface area contributed by atoms with Crippen LogP contribution in [0.3, 0.4) is 0 Å². The maximum Gasteiger partial charge on any atom is 0.270 e. The number of amides is 1. The third-order valence-electron chi connectivity index (χ3n) is 4.72.